The quantitative estimate of drug-likeness (QED) is 0.485. The van der Waals surface area contributed by atoms with Crippen LogP contribution in [0.5, 0.6) is 0 Å². The number of fused-ring (bicyclic) bond motifs is 3. The van der Waals surface area contributed by atoms with Crippen LogP contribution in [-0.4, -0.2) is 23.1 Å². The molecule has 2 heterocycles. The Labute approximate surface area is 194 Å². The maximum Gasteiger partial charge on any atom is 0.252 e. The molecule has 0 bridgehead atoms. The van der Waals surface area contributed by atoms with Crippen LogP contribution in [0.4, 0.5) is 10.1 Å². The predicted octanol–water partition coefficient (Wildman–Crippen LogP) is 5.32. The van der Waals surface area contributed by atoms with Crippen LogP contribution < -0.4 is 10.2 Å². The smallest absolute Gasteiger partial charge is 0.252 e. The maximum absolute atomic E-state index is 13.3. The van der Waals surface area contributed by atoms with Crippen LogP contribution in [0.15, 0.2) is 65.9 Å². The first kappa shape index (κ1) is 21.6. The van der Waals surface area contributed by atoms with E-state index in [0.29, 0.717) is 17.4 Å². The van der Waals surface area contributed by atoms with Crippen molar-refractivity contribution in [3.05, 3.63) is 83.7 Å². The molecule has 2 aromatic rings. The SMILES string of the molecule is C=C/C=C(\N=C(C)C)N1CC2CC2c2nc(C3(NC(=O)c4ccc(F)cc4)C[C@@H]3C)ccc21. The highest BCUT2D eigenvalue weighted by molar-refractivity contribution is 5.95. The van der Waals surface area contributed by atoms with E-state index in [1.807, 2.05) is 26.0 Å². The second-order valence-electron chi connectivity index (χ2n) is 9.67. The molecule has 33 heavy (non-hydrogen) atoms. The largest absolute Gasteiger partial charge is 0.341 e. The maximum atomic E-state index is 13.3. The molecule has 1 aromatic heterocycles. The summed E-state index contributed by atoms with van der Waals surface area (Å²) in [6.45, 7) is 10.9. The number of amides is 1. The third-order valence-electron chi connectivity index (χ3n) is 6.98. The molecule has 170 valence electrons. The Morgan fingerprint density at radius 2 is 2.00 bits per heavy atom. The molecule has 4 atom stereocenters. The Kier molecular flexibility index (Phi) is 5.19. The van der Waals surface area contributed by atoms with Gasteiger partial charge in [-0.05, 0) is 81.0 Å². The standard InChI is InChI=1S/C27H29FN4O/c1-5-6-24(29-16(2)3)32-15-19-13-21(19)25-22(32)11-12-23(30-25)27(14-17(27)4)31-26(33)18-7-9-20(28)10-8-18/h5-12,17,19,21H,1,13-15H2,2-4H3,(H,31,33)/b24-6+/t17-,19?,21?,27?/m0/s1. The van der Waals surface area contributed by atoms with Gasteiger partial charge in [-0.15, -0.1) is 0 Å². The van der Waals surface area contributed by atoms with Gasteiger partial charge in [0.1, 0.15) is 11.6 Å². The Hall–Kier alpha value is -3.28. The second kappa shape index (κ2) is 7.94. The van der Waals surface area contributed by atoms with Crippen LogP contribution >= 0.6 is 0 Å². The lowest BCUT2D eigenvalue weighted by molar-refractivity contribution is 0.0926. The number of carbonyl (C=O) groups is 1. The normalized spacial score (nSPS) is 27.2. The Bertz CT molecular complexity index is 1180. The number of pyridine rings is 1. The first-order valence-corrected chi connectivity index (χ1v) is 11.5. The van der Waals surface area contributed by atoms with Gasteiger partial charge in [-0.3, -0.25) is 9.78 Å². The number of hydrogen-bond donors (Lipinski definition) is 1. The summed E-state index contributed by atoms with van der Waals surface area (Å²) < 4.78 is 13.3. The van der Waals surface area contributed by atoms with Crippen LogP contribution in [0.1, 0.15) is 61.3 Å². The lowest BCUT2D eigenvalue weighted by Crippen LogP contribution is -2.37. The fraction of sp³-hybridized carbons (Fsp3) is 0.370. The minimum Gasteiger partial charge on any atom is -0.341 e. The molecule has 6 heteroatoms. The summed E-state index contributed by atoms with van der Waals surface area (Å²) in [6.07, 6.45) is 5.68. The number of anilines is 1. The highest BCUT2D eigenvalue weighted by Gasteiger charge is 2.56. The first-order chi connectivity index (χ1) is 15.8. The third-order valence-corrected chi connectivity index (χ3v) is 6.98. The Morgan fingerprint density at radius 3 is 2.64 bits per heavy atom. The van der Waals surface area contributed by atoms with E-state index in [4.69, 9.17) is 9.98 Å². The van der Waals surface area contributed by atoms with Crippen molar-refractivity contribution in [1.82, 2.24) is 10.3 Å². The van der Waals surface area contributed by atoms with E-state index in [1.165, 1.54) is 24.3 Å². The number of halogens is 1. The van der Waals surface area contributed by atoms with Crippen LogP contribution in [-0.2, 0) is 5.54 Å². The minimum absolute atomic E-state index is 0.200. The molecule has 1 aliphatic heterocycles. The zero-order chi connectivity index (χ0) is 23.3. The molecule has 0 spiro atoms. The van der Waals surface area contributed by atoms with Crippen molar-refractivity contribution in [2.45, 2.75) is 45.1 Å². The predicted molar refractivity (Wildman–Crippen MR) is 129 cm³/mol. The van der Waals surface area contributed by atoms with Gasteiger partial charge in [0.2, 0.25) is 0 Å². The van der Waals surface area contributed by atoms with Crippen molar-refractivity contribution in [1.29, 1.82) is 0 Å². The topological polar surface area (TPSA) is 57.6 Å². The van der Waals surface area contributed by atoms with Crippen molar-refractivity contribution < 1.29 is 9.18 Å². The van der Waals surface area contributed by atoms with Gasteiger partial charge in [0.25, 0.3) is 5.91 Å². The monoisotopic (exact) mass is 444 g/mol. The van der Waals surface area contributed by atoms with Gasteiger partial charge in [0.15, 0.2) is 0 Å². The van der Waals surface area contributed by atoms with Crippen molar-refractivity contribution in [2.75, 3.05) is 11.4 Å². The second-order valence-corrected chi connectivity index (χ2v) is 9.67. The van der Waals surface area contributed by atoms with Gasteiger partial charge < -0.3 is 10.2 Å². The van der Waals surface area contributed by atoms with Gasteiger partial charge in [-0.2, -0.15) is 0 Å². The van der Waals surface area contributed by atoms with E-state index in [2.05, 4.69) is 29.8 Å². The molecule has 1 amide bonds. The number of benzene rings is 1. The molecule has 0 radical (unpaired) electrons. The highest BCUT2D eigenvalue weighted by atomic mass is 19.1. The molecule has 2 saturated carbocycles. The fourth-order valence-electron chi connectivity index (χ4n) is 4.97. The van der Waals surface area contributed by atoms with Crippen LogP contribution in [0.25, 0.3) is 0 Å². The van der Waals surface area contributed by atoms with Crippen molar-refractivity contribution in [3.63, 3.8) is 0 Å². The number of aromatic nitrogens is 1. The van der Waals surface area contributed by atoms with E-state index >= 15 is 0 Å². The van der Waals surface area contributed by atoms with Crippen LogP contribution in [0.2, 0.25) is 0 Å². The zero-order valence-corrected chi connectivity index (χ0v) is 19.3. The molecule has 1 N–H and O–H groups in total. The highest BCUT2D eigenvalue weighted by Crippen LogP contribution is 2.57. The average molecular weight is 445 g/mol. The fourth-order valence-corrected chi connectivity index (χ4v) is 4.97. The number of nitrogens with zero attached hydrogens (tertiary/aromatic N) is 3. The molecule has 2 aliphatic carbocycles. The van der Waals surface area contributed by atoms with Crippen molar-refractivity contribution in [3.8, 4) is 0 Å². The van der Waals surface area contributed by atoms with Gasteiger partial charge in [0.05, 0.1) is 22.6 Å². The molecule has 5 nitrogen and oxygen atoms in total. The Balaban J connectivity index is 1.47. The van der Waals surface area contributed by atoms with E-state index in [1.54, 1.807) is 6.08 Å². The van der Waals surface area contributed by atoms with Gasteiger partial charge in [0, 0.05) is 23.7 Å². The summed E-state index contributed by atoms with van der Waals surface area (Å²) in [4.78, 5) is 25.0. The molecule has 5 rings (SSSR count). The average Bonchev–Trinajstić information content (AvgIpc) is 3.69. The third kappa shape index (κ3) is 3.88. The molecule has 0 saturated heterocycles. The van der Waals surface area contributed by atoms with Crippen molar-refractivity contribution in [2.24, 2.45) is 16.8 Å². The van der Waals surface area contributed by atoms with Crippen LogP contribution in [0.3, 0.4) is 0 Å². The summed E-state index contributed by atoms with van der Waals surface area (Å²) >= 11 is 0. The van der Waals surface area contributed by atoms with E-state index < -0.39 is 5.54 Å². The molecule has 3 aliphatic rings. The number of nitrogens with one attached hydrogen (secondary N) is 1. The molecular formula is C27H29FN4O. The number of aliphatic imine (C=N–C) groups is 1. The Morgan fingerprint density at radius 1 is 1.27 bits per heavy atom. The summed E-state index contributed by atoms with van der Waals surface area (Å²) in [6, 6.07) is 9.82. The van der Waals surface area contributed by atoms with E-state index in [0.717, 1.165) is 48.0 Å². The summed E-state index contributed by atoms with van der Waals surface area (Å²) in [5.41, 5.74) is 4.04. The first-order valence-electron chi connectivity index (χ1n) is 11.5. The lowest BCUT2D eigenvalue weighted by atomic mass is 10.0. The molecule has 1 aromatic carbocycles. The van der Waals surface area contributed by atoms with Gasteiger partial charge in [-0.25, -0.2) is 9.38 Å². The summed E-state index contributed by atoms with van der Waals surface area (Å²) in [7, 11) is 0. The van der Waals surface area contributed by atoms with Crippen LogP contribution in [0, 0.1) is 17.7 Å². The zero-order valence-electron chi connectivity index (χ0n) is 19.3. The number of rotatable bonds is 6. The lowest BCUT2D eigenvalue weighted by Gasteiger charge is -2.31. The molecular weight excluding hydrogens is 415 g/mol. The number of hydrogen-bond acceptors (Lipinski definition) is 4. The number of allylic oxidation sites excluding steroid dienone is 2. The molecule has 2 fully saturated rings. The van der Waals surface area contributed by atoms with Gasteiger partial charge in [-0.1, -0.05) is 19.6 Å². The minimum atomic E-state index is -0.481. The summed E-state index contributed by atoms with van der Waals surface area (Å²) in [5.74, 6) is 1.65. The number of carbonyl (C=O) groups excluding carboxylic acids is 1. The van der Waals surface area contributed by atoms with E-state index in [-0.39, 0.29) is 17.6 Å². The van der Waals surface area contributed by atoms with Gasteiger partial charge >= 0.3 is 0 Å². The summed E-state index contributed by atoms with van der Waals surface area (Å²) in [5, 5.41) is 3.20. The van der Waals surface area contributed by atoms with Crippen molar-refractivity contribution >= 4 is 17.3 Å². The molecule has 3 unspecified atom stereocenters. The van der Waals surface area contributed by atoms with E-state index in [9.17, 15) is 9.18 Å².